The molecule has 0 bridgehead atoms. The van der Waals surface area contributed by atoms with Crippen LogP contribution in [-0.2, 0) is 4.79 Å². The molecule has 3 rings (SSSR count). The molecule has 1 unspecified atom stereocenters. The van der Waals surface area contributed by atoms with Gasteiger partial charge in [-0.3, -0.25) is 0 Å². The van der Waals surface area contributed by atoms with E-state index in [4.69, 9.17) is 16.3 Å². The van der Waals surface area contributed by atoms with Crippen molar-refractivity contribution in [1.29, 1.82) is 0 Å². The summed E-state index contributed by atoms with van der Waals surface area (Å²) in [5.74, 6) is -0.780. The zero-order chi connectivity index (χ0) is 17.8. The van der Waals surface area contributed by atoms with E-state index in [0.717, 1.165) is 22.2 Å². The Balaban J connectivity index is 0.00000243. The standard InChI is InChI=1S/C20H16ClNO3.Na/c1-13(20(23)24)25-18-4-2-3-14(11-18)5-9-17-10-7-15-6-8-16(21)12-19(15)22-17;/h2-13H,1H3,(H,23,24);/q;+1/p-1/b9-5-;. The zero-order valence-electron chi connectivity index (χ0n) is 14.5. The maximum atomic E-state index is 10.8. The minimum atomic E-state index is -1.25. The fourth-order valence-corrected chi connectivity index (χ4v) is 2.49. The van der Waals surface area contributed by atoms with Gasteiger partial charge in [-0.15, -0.1) is 0 Å². The van der Waals surface area contributed by atoms with E-state index in [-0.39, 0.29) is 29.6 Å². The van der Waals surface area contributed by atoms with E-state index in [0.29, 0.717) is 10.8 Å². The quantitative estimate of drug-likeness (QED) is 0.612. The molecule has 0 spiro atoms. The molecule has 0 aliphatic carbocycles. The van der Waals surface area contributed by atoms with Crippen molar-refractivity contribution in [2.45, 2.75) is 13.0 Å². The average molecular weight is 376 g/mol. The number of aliphatic carboxylic acids is 1. The van der Waals surface area contributed by atoms with Crippen LogP contribution in [0.25, 0.3) is 23.1 Å². The van der Waals surface area contributed by atoms with Gasteiger partial charge in [-0.05, 0) is 48.9 Å². The van der Waals surface area contributed by atoms with Crippen LogP contribution in [0.15, 0.2) is 54.6 Å². The van der Waals surface area contributed by atoms with Gasteiger partial charge in [0.05, 0.1) is 17.2 Å². The van der Waals surface area contributed by atoms with Gasteiger partial charge < -0.3 is 14.6 Å². The third-order valence-corrected chi connectivity index (χ3v) is 3.86. The van der Waals surface area contributed by atoms with E-state index in [1.165, 1.54) is 6.92 Å². The van der Waals surface area contributed by atoms with E-state index in [9.17, 15) is 9.90 Å². The van der Waals surface area contributed by atoms with Crippen molar-refractivity contribution in [3.63, 3.8) is 0 Å². The van der Waals surface area contributed by atoms with Crippen molar-refractivity contribution in [3.05, 3.63) is 70.9 Å². The number of benzene rings is 2. The molecule has 1 atom stereocenters. The van der Waals surface area contributed by atoms with E-state index < -0.39 is 12.1 Å². The SMILES string of the molecule is CC(Oc1cccc(/C=C\c2ccc3ccc(Cl)cc3n2)c1)C(=O)[O-].[Na+]. The number of nitrogens with zero attached hydrogens (tertiary/aromatic N) is 1. The number of aromatic nitrogens is 1. The normalized spacial score (nSPS) is 11.9. The van der Waals surface area contributed by atoms with Crippen molar-refractivity contribution in [1.82, 2.24) is 4.98 Å². The maximum Gasteiger partial charge on any atom is 1.00 e. The number of hydrogen-bond acceptors (Lipinski definition) is 4. The van der Waals surface area contributed by atoms with Gasteiger partial charge in [-0.2, -0.15) is 0 Å². The summed E-state index contributed by atoms with van der Waals surface area (Å²) in [5, 5.41) is 12.4. The molecule has 0 saturated carbocycles. The zero-order valence-corrected chi connectivity index (χ0v) is 17.2. The van der Waals surface area contributed by atoms with Gasteiger partial charge in [0.1, 0.15) is 11.9 Å². The van der Waals surface area contributed by atoms with Gasteiger partial charge in [0.25, 0.3) is 0 Å². The largest absolute Gasteiger partial charge is 1.00 e. The second-order valence-corrected chi connectivity index (χ2v) is 5.99. The maximum absolute atomic E-state index is 10.8. The van der Waals surface area contributed by atoms with Crippen LogP contribution in [0.3, 0.4) is 0 Å². The molecule has 126 valence electrons. The number of carbonyl (C=O) groups excluding carboxylic acids is 1. The van der Waals surface area contributed by atoms with Crippen LogP contribution in [0.2, 0.25) is 5.02 Å². The summed E-state index contributed by atoms with van der Waals surface area (Å²) in [6.07, 6.45) is 2.75. The van der Waals surface area contributed by atoms with Crippen molar-refractivity contribution in [2.75, 3.05) is 0 Å². The summed E-state index contributed by atoms with van der Waals surface area (Å²) in [6.45, 7) is 1.43. The number of hydrogen-bond donors (Lipinski definition) is 0. The van der Waals surface area contributed by atoms with E-state index in [1.54, 1.807) is 18.2 Å². The molecule has 1 aromatic heterocycles. The molecule has 4 nitrogen and oxygen atoms in total. The Labute approximate surface area is 178 Å². The third kappa shape index (κ3) is 5.32. The molecule has 26 heavy (non-hydrogen) atoms. The second-order valence-electron chi connectivity index (χ2n) is 5.56. The predicted molar refractivity (Wildman–Crippen MR) is 97.2 cm³/mol. The molecule has 3 aromatic rings. The monoisotopic (exact) mass is 375 g/mol. The van der Waals surface area contributed by atoms with Crippen molar-refractivity contribution < 1.29 is 44.2 Å². The van der Waals surface area contributed by atoms with Crippen LogP contribution >= 0.6 is 11.6 Å². The Hall–Kier alpha value is -1.85. The Kier molecular flexibility index (Phi) is 7.23. The number of pyridine rings is 1. The fourth-order valence-electron chi connectivity index (χ4n) is 2.32. The summed E-state index contributed by atoms with van der Waals surface area (Å²) < 4.78 is 5.31. The predicted octanol–water partition coefficient (Wildman–Crippen LogP) is 0.580. The van der Waals surface area contributed by atoms with Gasteiger partial charge >= 0.3 is 29.6 Å². The van der Waals surface area contributed by atoms with Crippen LogP contribution in [0.5, 0.6) is 5.75 Å². The van der Waals surface area contributed by atoms with Crippen molar-refractivity contribution in [2.24, 2.45) is 0 Å². The van der Waals surface area contributed by atoms with Crippen LogP contribution in [0.1, 0.15) is 18.2 Å². The number of carbonyl (C=O) groups is 1. The summed E-state index contributed by atoms with van der Waals surface area (Å²) >= 11 is 6.01. The summed E-state index contributed by atoms with van der Waals surface area (Å²) in [6, 6.07) is 16.6. The summed E-state index contributed by atoms with van der Waals surface area (Å²) in [7, 11) is 0. The Bertz CT molecular complexity index is 959. The first-order chi connectivity index (χ1) is 12.0. The minimum absolute atomic E-state index is 0. The van der Waals surface area contributed by atoms with E-state index in [1.807, 2.05) is 48.6 Å². The molecule has 2 aromatic carbocycles. The van der Waals surface area contributed by atoms with Crippen LogP contribution in [0.4, 0.5) is 0 Å². The van der Waals surface area contributed by atoms with Crippen LogP contribution in [-0.4, -0.2) is 17.1 Å². The van der Waals surface area contributed by atoms with E-state index in [2.05, 4.69) is 4.98 Å². The number of carboxylic acid groups (broad SMARTS) is 1. The van der Waals surface area contributed by atoms with Gasteiger partial charge in [0.15, 0.2) is 0 Å². The molecular weight excluding hydrogens is 361 g/mol. The topological polar surface area (TPSA) is 62.2 Å². The Morgan fingerprint density at radius 2 is 1.92 bits per heavy atom. The second kappa shape index (κ2) is 9.19. The summed E-state index contributed by atoms with van der Waals surface area (Å²) in [4.78, 5) is 15.3. The van der Waals surface area contributed by atoms with Crippen LogP contribution < -0.4 is 39.4 Å². The molecular formula is C20H15ClNNaO3. The van der Waals surface area contributed by atoms with E-state index >= 15 is 0 Å². The molecule has 0 amide bonds. The molecule has 0 N–H and O–H groups in total. The Morgan fingerprint density at radius 1 is 1.15 bits per heavy atom. The molecule has 0 saturated heterocycles. The van der Waals surface area contributed by atoms with Gasteiger partial charge in [-0.25, -0.2) is 4.98 Å². The Morgan fingerprint density at radius 3 is 2.69 bits per heavy atom. The summed E-state index contributed by atoms with van der Waals surface area (Å²) in [5.41, 5.74) is 2.50. The molecule has 0 aliphatic rings. The molecule has 6 heteroatoms. The van der Waals surface area contributed by atoms with Crippen molar-refractivity contribution in [3.8, 4) is 5.75 Å². The molecule has 0 fully saturated rings. The molecule has 0 radical (unpaired) electrons. The third-order valence-electron chi connectivity index (χ3n) is 3.63. The first-order valence-corrected chi connectivity index (χ1v) is 8.11. The number of carboxylic acids is 1. The van der Waals surface area contributed by atoms with Crippen molar-refractivity contribution >= 4 is 40.6 Å². The van der Waals surface area contributed by atoms with Gasteiger partial charge in [0, 0.05) is 10.4 Å². The first kappa shape index (κ1) is 20.5. The number of fused-ring (bicyclic) bond motifs is 1. The molecule has 0 aliphatic heterocycles. The smallest absolute Gasteiger partial charge is 0.546 e. The average Bonchev–Trinajstić information content (AvgIpc) is 2.59. The number of ether oxygens (including phenoxy) is 1. The fraction of sp³-hybridized carbons (Fsp3) is 0.100. The first-order valence-electron chi connectivity index (χ1n) is 7.73. The minimum Gasteiger partial charge on any atom is -0.546 e. The van der Waals surface area contributed by atoms with Crippen LogP contribution in [0, 0.1) is 0 Å². The van der Waals surface area contributed by atoms with Gasteiger partial charge in [-0.1, -0.05) is 41.9 Å². The van der Waals surface area contributed by atoms with Gasteiger partial charge in [0.2, 0.25) is 0 Å². The molecule has 1 heterocycles. The number of halogens is 1. The number of rotatable bonds is 5.